The number of amides is 1. The Labute approximate surface area is 101 Å². The van der Waals surface area contributed by atoms with Crippen molar-refractivity contribution in [1.82, 2.24) is 5.43 Å². The molecular weight excluding hydrogens is 282 g/mol. The van der Waals surface area contributed by atoms with Crippen molar-refractivity contribution in [2.24, 2.45) is 5.84 Å². The molecule has 10 heteroatoms. The fraction of sp³-hybridized carbons (Fsp3) is 0.222. The molecule has 0 atom stereocenters. The first-order chi connectivity index (χ1) is 8.48. The minimum Gasteiger partial charge on any atom is -0.506 e. The highest BCUT2D eigenvalue weighted by Gasteiger charge is 2.40. The number of hydrogen-bond acceptors (Lipinski definition) is 3. The Kier molecular flexibility index (Phi) is 3.66. The first kappa shape index (κ1) is 15.1. The number of phenols is 1. The molecule has 4 nitrogen and oxygen atoms in total. The third-order valence-electron chi connectivity index (χ3n) is 2.12. The van der Waals surface area contributed by atoms with Gasteiger partial charge in [0.2, 0.25) is 0 Å². The van der Waals surface area contributed by atoms with E-state index < -0.39 is 40.7 Å². The van der Waals surface area contributed by atoms with E-state index in [4.69, 9.17) is 0 Å². The molecule has 0 aromatic heterocycles. The van der Waals surface area contributed by atoms with Gasteiger partial charge >= 0.3 is 12.4 Å². The molecule has 19 heavy (non-hydrogen) atoms. The van der Waals surface area contributed by atoms with Gasteiger partial charge in [0, 0.05) is 0 Å². The maximum Gasteiger partial charge on any atom is 0.419 e. The lowest BCUT2D eigenvalue weighted by molar-refractivity contribution is -0.143. The normalized spacial score (nSPS) is 12.4. The van der Waals surface area contributed by atoms with Crippen molar-refractivity contribution in [2.45, 2.75) is 12.4 Å². The molecule has 0 unspecified atom stereocenters. The Morgan fingerprint density at radius 3 is 2.00 bits per heavy atom. The lowest BCUT2D eigenvalue weighted by Crippen LogP contribution is -2.30. The van der Waals surface area contributed by atoms with Crippen molar-refractivity contribution >= 4 is 5.91 Å². The zero-order chi connectivity index (χ0) is 15.0. The van der Waals surface area contributed by atoms with E-state index in [1.807, 2.05) is 0 Å². The highest BCUT2D eigenvalue weighted by molar-refractivity contribution is 5.97. The first-order valence-electron chi connectivity index (χ1n) is 4.51. The Morgan fingerprint density at radius 1 is 1.11 bits per heavy atom. The van der Waals surface area contributed by atoms with Gasteiger partial charge in [-0.2, -0.15) is 26.3 Å². The van der Waals surface area contributed by atoms with Gasteiger partial charge in [0.05, 0.1) is 16.7 Å². The fourth-order valence-corrected chi connectivity index (χ4v) is 1.27. The lowest BCUT2D eigenvalue weighted by atomic mass is 10.0. The molecule has 1 aromatic carbocycles. The monoisotopic (exact) mass is 288 g/mol. The van der Waals surface area contributed by atoms with Crippen LogP contribution in [0.5, 0.6) is 5.75 Å². The van der Waals surface area contributed by atoms with Crippen molar-refractivity contribution in [2.75, 3.05) is 0 Å². The number of carbonyl (C=O) groups excluding carboxylic acids is 1. The molecule has 0 bridgehead atoms. The van der Waals surface area contributed by atoms with E-state index in [2.05, 4.69) is 5.84 Å². The molecule has 0 saturated carbocycles. The first-order valence-corrected chi connectivity index (χ1v) is 4.51. The van der Waals surface area contributed by atoms with Crippen LogP contribution in [-0.2, 0) is 12.4 Å². The molecule has 1 amide bonds. The van der Waals surface area contributed by atoms with Gasteiger partial charge in [-0.3, -0.25) is 10.2 Å². The van der Waals surface area contributed by atoms with Gasteiger partial charge in [-0.05, 0) is 12.1 Å². The van der Waals surface area contributed by atoms with E-state index in [1.165, 1.54) is 5.43 Å². The summed E-state index contributed by atoms with van der Waals surface area (Å²) >= 11 is 0. The van der Waals surface area contributed by atoms with Crippen molar-refractivity contribution in [3.8, 4) is 5.75 Å². The summed E-state index contributed by atoms with van der Waals surface area (Å²) in [5.74, 6) is 1.52. The number of benzene rings is 1. The minimum absolute atomic E-state index is 0.0762. The zero-order valence-corrected chi connectivity index (χ0v) is 8.86. The minimum atomic E-state index is -5.25. The molecular formula is C9H6F6N2O2. The molecule has 0 heterocycles. The number of rotatable bonds is 1. The highest BCUT2D eigenvalue weighted by atomic mass is 19.4. The van der Waals surface area contributed by atoms with Crippen LogP contribution in [0.15, 0.2) is 12.1 Å². The third kappa shape index (κ3) is 3.08. The molecule has 1 rings (SSSR count). The lowest BCUT2D eigenvalue weighted by Gasteiger charge is -2.15. The van der Waals surface area contributed by atoms with Crippen molar-refractivity contribution in [1.29, 1.82) is 0 Å². The summed E-state index contributed by atoms with van der Waals surface area (Å²) in [5, 5.41) is 9.21. The van der Waals surface area contributed by atoms with Gasteiger partial charge in [-0.25, -0.2) is 5.84 Å². The van der Waals surface area contributed by atoms with Crippen LogP contribution in [0.3, 0.4) is 0 Å². The van der Waals surface area contributed by atoms with Crippen molar-refractivity contribution in [3.63, 3.8) is 0 Å². The van der Waals surface area contributed by atoms with Crippen molar-refractivity contribution < 1.29 is 36.2 Å². The predicted octanol–water partition coefficient (Wildman–Crippen LogP) is 2.03. The zero-order valence-electron chi connectivity index (χ0n) is 8.86. The molecule has 0 aliphatic carbocycles. The van der Waals surface area contributed by atoms with E-state index in [0.29, 0.717) is 0 Å². The second-order valence-corrected chi connectivity index (χ2v) is 3.39. The van der Waals surface area contributed by atoms with Crippen LogP contribution in [0.25, 0.3) is 0 Å². The molecule has 0 aliphatic rings. The number of hydrazine groups is 1. The maximum absolute atomic E-state index is 12.5. The average molecular weight is 288 g/mol. The number of phenolic OH excluding ortho intramolecular Hbond substituents is 1. The number of nitrogens with one attached hydrogen (secondary N) is 1. The van der Waals surface area contributed by atoms with Crippen LogP contribution in [0.4, 0.5) is 26.3 Å². The molecule has 0 aliphatic heterocycles. The van der Waals surface area contributed by atoms with Gasteiger partial charge in [-0.1, -0.05) is 0 Å². The summed E-state index contributed by atoms with van der Waals surface area (Å²) in [5.41, 5.74) is -3.57. The van der Waals surface area contributed by atoms with Gasteiger partial charge in [0.15, 0.2) is 0 Å². The standard InChI is InChI=1S/C9H6F6N2O2/c10-8(11,12)3-1-4(7(19)17-16)6(18)5(2-3)9(13,14)15/h1-2,18H,16H2,(H,17,19). The van der Waals surface area contributed by atoms with Crippen LogP contribution < -0.4 is 11.3 Å². The van der Waals surface area contributed by atoms with E-state index >= 15 is 0 Å². The summed E-state index contributed by atoms with van der Waals surface area (Å²) in [7, 11) is 0. The highest BCUT2D eigenvalue weighted by Crippen LogP contribution is 2.41. The maximum atomic E-state index is 12.5. The number of aromatic hydroxyl groups is 1. The van der Waals surface area contributed by atoms with E-state index in [1.54, 1.807) is 0 Å². The molecule has 106 valence electrons. The smallest absolute Gasteiger partial charge is 0.419 e. The fourth-order valence-electron chi connectivity index (χ4n) is 1.27. The molecule has 0 fully saturated rings. The van der Waals surface area contributed by atoms with Crippen LogP contribution in [-0.4, -0.2) is 11.0 Å². The molecule has 0 saturated heterocycles. The number of hydrogen-bond donors (Lipinski definition) is 3. The second-order valence-electron chi connectivity index (χ2n) is 3.39. The van der Waals surface area contributed by atoms with Gasteiger partial charge in [-0.15, -0.1) is 0 Å². The number of alkyl halides is 6. The Morgan fingerprint density at radius 2 is 1.63 bits per heavy atom. The summed E-state index contributed by atoms with van der Waals surface area (Å²) in [6, 6.07) is -0.213. The van der Waals surface area contributed by atoms with Crippen molar-refractivity contribution in [3.05, 3.63) is 28.8 Å². The topological polar surface area (TPSA) is 75.3 Å². The van der Waals surface area contributed by atoms with Gasteiger partial charge in [0.1, 0.15) is 5.75 Å². The third-order valence-corrected chi connectivity index (χ3v) is 2.12. The van der Waals surface area contributed by atoms with Crippen LogP contribution in [0.2, 0.25) is 0 Å². The number of carbonyl (C=O) groups is 1. The predicted molar refractivity (Wildman–Crippen MR) is 49.8 cm³/mol. The van der Waals surface area contributed by atoms with Crippen LogP contribution in [0, 0.1) is 0 Å². The van der Waals surface area contributed by atoms with Crippen LogP contribution >= 0.6 is 0 Å². The summed E-state index contributed by atoms with van der Waals surface area (Å²) < 4.78 is 74.7. The molecule has 0 radical (unpaired) electrons. The SMILES string of the molecule is NNC(=O)c1cc(C(F)(F)F)cc(C(F)(F)F)c1O. The number of nitrogens with two attached hydrogens (primary N) is 1. The number of halogens is 6. The molecule has 1 aromatic rings. The molecule has 0 spiro atoms. The van der Waals surface area contributed by atoms with Gasteiger partial charge in [0.25, 0.3) is 5.91 Å². The average Bonchev–Trinajstić information content (AvgIpc) is 2.25. The summed E-state index contributed by atoms with van der Waals surface area (Å²) in [6.45, 7) is 0. The largest absolute Gasteiger partial charge is 0.506 e. The van der Waals surface area contributed by atoms with E-state index in [-0.39, 0.29) is 12.1 Å². The van der Waals surface area contributed by atoms with Gasteiger partial charge < -0.3 is 5.11 Å². The Balaban J connectivity index is 3.62. The molecule has 4 N–H and O–H groups in total. The van der Waals surface area contributed by atoms with E-state index in [9.17, 15) is 36.2 Å². The Bertz CT molecular complexity index is 509. The van der Waals surface area contributed by atoms with E-state index in [0.717, 1.165) is 0 Å². The summed E-state index contributed by atoms with van der Waals surface area (Å²) in [6.07, 6.45) is -10.4. The summed E-state index contributed by atoms with van der Waals surface area (Å²) in [4.78, 5) is 11.1. The Hall–Kier alpha value is -1.97. The second kappa shape index (κ2) is 4.61. The van der Waals surface area contributed by atoms with Crippen LogP contribution in [0.1, 0.15) is 21.5 Å². The number of nitrogen functional groups attached to an aromatic ring is 1. The quantitative estimate of drug-likeness (QED) is 0.320.